The second-order valence-corrected chi connectivity index (χ2v) is 13.1. The lowest BCUT2D eigenvalue weighted by Gasteiger charge is -2.22. The predicted molar refractivity (Wildman–Crippen MR) is 179 cm³/mol. The summed E-state index contributed by atoms with van der Waals surface area (Å²) in [4.78, 5) is 56.9. The second kappa shape index (κ2) is 13.7. The number of carbonyl (C=O) groups is 4. The number of carbonyl (C=O) groups excluding carboxylic acids is 4. The molecule has 4 N–H and O–H groups in total. The summed E-state index contributed by atoms with van der Waals surface area (Å²) in [6.45, 7) is 1.86. The molecule has 1 saturated carbocycles. The van der Waals surface area contributed by atoms with E-state index in [-0.39, 0.29) is 35.2 Å². The largest absolute Gasteiger partial charge is 0.494 e. The molecule has 0 bridgehead atoms. The van der Waals surface area contributed by atoms with E-state index in [0.717, 1.165) is 25.8 Å². The lowest BCUT2D eigenvalue weighted by molar-refractivity contribution is -0.127. The average Bonchev–Trinajstić information content (AvgIpc) is 3.59. The quantitative estimate of drug-likeness (QED) is 0.147. The third-order valence-electron chi connectivity index (χ3n) is 7.21. The van der Waals surface area contributed by atoms with Crippen molar-refractivity contribution in [3.05, 3.63) is 41.0 Å². The number of hydrogen-bond donors (Lipinski definition) is 4. The predicted octanol–water partition coefficient (Wildman–Crippen LogP) is -0.316. The number of nitrogens with one attached hydrogen (secondary N) is 4. The molecule has 0 atom stereocenters. The fourth-order valence-corrected chi connectivity index (χ4v) is 5.72. The molecule has 4 amide bonds. The van der Waals surface area contributed by atoms with Crippen LogP contribution in [0.5, 0.6) is 5.75 Å². The highest BCUT2D eigenvalue weighted by Gasteiger charge is 2.30. The molecule has 45 heavy (non-hydrogen) atoms. The van der Waals surface area contributed by atoms with Crippen LogP contribution >= 0.6 is 11.3 Å². The molecule has 13 nitrogen and oxygen atoms in total. The van der Waals surface area contributed by atoms with Crippen LogP contribution in [0.1, 0.15) is 52.3 Å². The molecule has 17 heteroatoms. The fraction of sp³-hybridized carbons (Fsp3) is 0.393. The highest BCUT2D eigenvalue weighted by Crippen LogP contribution is 2.40. The minimum absolute atomic E-state index is 0.0327. The Labute approximate surface area is 267 Å². The summed E-state index contributed by atoms with van der Waals surface area (Å²) < 4.78 is 5.79. The number of thiazole rings is 1. The molecule has 3 heterocycles. The lowest BCUT2D eigenvalue weighted by atomic mass is 9.49. The highest BCUT2D eigenvalue weighted by molar-refractivity contribution is 7.17. The van der Waals surface area contributed by atoms with Gasteiger partial charge in [0.25, 0.3) is 11.8 Å². The number of amides is 4. The number of likely N-dealkylation sites (tertiary alicyclic amines) is 1. The van der Waals surface area contributed by atoms with Gasteiger partial charge in [0.2, 0.25) is 11.8 Å². The maximum Gasteiger partial charge on any atom is 0.272 e. The first-order valence-electron chi connectivity index (χ1n) is 15.0. The maximum absolute atomic E-state index is 13.2. The molecule has 2 aliphatic rings. The summed E-state index contributed by atoms with van der Waals surface area (Å²) in [5.41, 5.74) is 1.53. The topological polar surface area (TPSA) is 168 Å². The van der Waals surface area contributed by atoms with Crippen molar-refractivity contribution >= 4 is 75.7 Å². The summed E-state index contributed by atoms with van der Waals surface area (Å²) in [7, 11) is 7.11. The Bertz CT molecular complexity index is 1610. The third-order valence-corrected chi connectivity index (χ3v) is 8.24. The molecule has 0 spiro atoms. The average molecular weight is 628 g/mol. The van der Waals surface area contributed by atoms with Crippen LogP contribution in [0.3, 0.4) is 0 Å². The van der Waals surface area contributed by atoms with Crippen LogP contribution in [0.2, 0.25) is 0 Å². The smallest absolute Gasteiger partial charge is 0.272 e. The summed E-state index contributed by atoms with van der Waals surface area (Å²) in [5, 5.41) is 20.1. The van der Waals surface area contributed by atoms with Gasteiger partial charge in [0, 0.05) is 38.0 Å². The molecule has 2 aromatic heterocycles. The summed E-state index contributed by atoms with van der Waals surface area (Å²) in [6.07, 6.45) is 5.36. The molecule has 0 unspecified atom stereocenters. The number of para-hydroxylation sites is 1. The van der Waals surface area contributed by atoms with Crippen molar-refractivity contribution in [2.45, 2.75) is 37.3 Å². The molecule has 5 rings (SSSR count). The molecule has 1 aromatic carbocycles. The Morgan fingerprint density at radius 2 is 1.93 bits per heavy atom. The van der Waals surface area contributed by atoms with Crippen molar-refractivity contribution in [1.29, 1.82) is 0 Å². The van der Waals surface area contributed by atoms with E-state index in [1.54, 1.807) is 18.2 Å². The summed E-state index contributed by atoms with van der Waals surface area (Å²) in [5.74, 6) is -0.00419. The Balaban J connectivity index is 1.34. The SMILES string of the molecule is BC(B)(B)NC(=O)c1nnc(NC(=O)C2CC2)cc1Nc1cccc(-c2ncc(C(=O)NCCCN3CCCC3=O)s2)c1OC. The second-order valence-electron chi connectivity index (χ2n) is 12.1. The van der Waals surface area contributed by atoms with Crippen LogP contribution in [-0.2, 0) is 9.59 Å². The number of benzene rings is 1. The van der Waals surface area contributed by atoms with Crippen molar-refractivity contribution in [3.63, 3.8) is 0 Å². The van der Waals surface area contributed by atoms with E-state index in [4.69, 9.17) is 4.74 Å². The van der Waals surface area contributed by atoms with Crippen LogP contribution in [0.15, 0.2) is 30.5 Å². The first kappa shape index (κ1) is 32.0. The van der Waals surface area contributed by atoms with Crippen molar-refractivity contribution in [2.75, 3.05) is 37.4 Å². The van der Waals surface area contributed by atoms with Crippen molar-refractivity contribution in [1.82, 2.24) is 30.7 Å². The Hall–Kier alpha value is -4.40. The van der Waals surface area contributed by atoms with Crippen molar-refractivity contribution in [2.24, 2.45) is 5.92 Å². The van der Waals surface area contributed by atoms with E-state index < -0.39 is 11.1 Å². The standard InChI is InChI=1S/C28H35B3N8O5S/c1-44-23-16(27-33-14-19(45-27)25(42)32-10-4-12-39-11-3-7-21(39)40)5-2-6-17(23)34-18-13-20(35-24(41)15-8-9-15)37-38-22(18)26(43)36-28(29,30)31/h2,5-6,13-15H,3-4,7-12,29-31H2,1H3,(H,32,42)(H,36,43)(H2,34,35,37,41). The number of hydrogen-bond acceptors (Lipinski definition) is 10. The molecule has 1 aliphatic heterocycles. The molecule has 1 saturated heterocycles. The van der Waals surface area contributed by atoms with Crippen LogP contribution < -0.4 is 26.0 Å². The van der Waals surface area contributed by atoms with E-state index in [9.17, 15) is 19.2 Å². The zero-order valence-corrected chi connectivity index (χ0v) is 26.7. The Morgan fingerprint density at radius 1 is 1.13 bits per heavy atom. The lowest BCUT2D eigenvalue weighted by Crippen LogP contribution is -2.50. The van der Waals surface area contributed by atoms with E-state index in [0.29, 0.717) is 58.5 Å². The van der Waals surface area contributed by atoms with E-state index in [1.165, 1.54) is 24.6 Å². The Morgan fingerprint density at radius 3 is 2.62 bits per heavy atom. The van der Waals surface area contributed by atoms with E-state index in [2.05, 4.69) is 36.4 Å². The number of ether oxygens (including phenoxy) is 1. The molecule has 0 radical (unpaired) electrons. The van der Waals surface area contributed by atoms with Gasteiger partial charge in [0.05, 0.1) is 30.2 Å². The molecular weight excluding hydrogens is 593 g/mol. The first-order valence-corrected chi connectivity index (χ1v) is 15.8. The van der Waals surface area contributed by atoms with Gasteiger partial charge in [-0.15, -0.1) is 21.5 Å². The summed E-state index contributed by atoms with van der Waals surface area (Å²) >= 11 is 1.23. The van der Waals surface area contributed by atoms with Gasteiger partial charge in [-0.05, 0) is 43.1 Å². The van der Waals surface area contributed by atoms with Crippen LogP contribution in [0.25, 0.3) is 10.6 Å². The minimum atomic E-state index is -0.520. The molecular formula is C28H35B3N8O5S. The van der Waals surface area contributed by atoms with Crippen LogP contribution in [0.4, 0.5) is 17.2 Å². The fourth-order valence-electron chi connectivity index (χ4n) is 4.86. The molecule has 1 aliphatic carbocycles. The molecule has 3 aromatic rings. The Kier molecular flexibility index (Phi) is 9.76. The van der Waals surface area contributed by atoms with Gasteiger partial charge in [-0.1, -0.05) is 6.07 Å². The zero-order chi connectivity index (χ0) is 32.1. The first-order chi connectivity index (χ1) is 21.5. The number of anilines is 3. The van der Waals surface area contributed by atoms with Crippen molar-refractivity contribution < 1.29 is 23.9 Å². The van der Waals surface area contributed by atoms with Crippen LogP contribution in [-0.4, -0.2) is 99.2 Å². The number of aromatic nitrogens is 3. The monoisotopic (exact) mass is 628 g/mol. The van der Waals surface area contributed by atoms with Crippen molar-refractivity contribution in [3.8, 4) is 16.3 Å². The zero-order valence-electron chi connectivity index (χ0n) is 25.9. The number of rotatable bonds is 13. The van der Waals surface area contributed by atoms with Gasteiger partial charge in [-0.25, -0.2) is 4.98 Å². The van der Waals surface area contributed by atoms with Gasteiger partial charge in [-0.3, -0.25) is 19.2 Å². The third kappa shape index (κ3) is 8.21. The number of methoxy groups -OCH3 is 1. The van der Waals surface area contributed by atoms with Gasteiger partial charge < -0.3 is 30.9 Å². The van der Waals surface area contributed by atoms with Gasteiger partial charge in [-0.2, -0.15) is 0 Å². The molecule has 232 valence electrons. The van der Waals surface area contributed by atoms with Gasteiger partial charge in [0.15, 0.2) is 17.3 Å². The van der Waals surface area contributed by atoms with E-state index in [1.807, 2.05) is 34.5 Å². The number of nitrogens with zero attached hydrogens (tertiary/aromatic N) is 4. The van der Waals surface area contributed by atoms with E-state index >= 15 is 0 Å². The highest BCUT2D eigenvalue weighted by atomic mass is 32.1. The van der Waals surface area contributed by atoms with Crippen LogP contribution in [0, 0.1) is 5.92 Å². The minimum Gasteiger partial charge on any atom is -0.494 e. The van der Waals surface area contributed by atoms with Gasteiger partial charge in [0.1, 0.15) is 33.4 Å². The molecule has 2 fully saturated rings. The summed E-state index contributed by atoms with van der Waals surface area (Å²) in [6, 6.07) is 6.99. The van der Waals surface area contributed by atoms with Gasteiger partial charge >= 0.3 is 0 Å². The maximum atomic E-state index is 13.2. The normalized spacial score (nSPS) is 14.6.